The zero-order valence-corrected chi connectivity index (χ0v) is 16.6. The minimum atomic E-state index is -0.245. The van der Waals surface area contributed by atoms with Crippen LogP contribution >= 0.6 is 11.6 Å². The lowest BCUT2D eigenvalue weighted by Crippen LogP contribution is -2.20. The summed E-state index contributed by atoms with van der Waals surface area (Å²) in [6.45, 7) is 2.02. The number of halogens is 1. The predicted octanol–water partition coefficient (Wildman–Crippen LogP) is 5.73. The summed E-state index contributed by atoms with van der Waals surface area (Å²) in [5.74, 6) is 0.918. The number of nitrogens with one attached hydrogen (secondary N) is 1. The zero-order chi connectivity index (χ0) is 20.2. The fraction of sp³-hybridized carbons (Fsp3) is 0.130. The number of rotatable bonds is 6. The Balaban J connectivity index is 1.42. The van der Waals surface area contributed by atoms with Crippen LogP contribution in [0.5, 0.6) is 5.75 Å². The monoisotopic (exact) mass is 406 g/mol. The predicted molar refractivity (Wildman–Crippen MR) is 114 cm³/mol. The minimum absolute atomic E-state index is 0.0711. The van der Waals surface area contributed by atoms with Gasteiger partial charge < -0.3 is 14.5 Å². The van der Waals surface area contributed by atoms with Gasteiger partial charge in [0.2, 0.25) is 5.89 Å². The lowest BCUT2D eigenvalue weighted by molar-refractivity contribution is -0.118. The lowest BCUT2D eigenvalue weighted by atomic mass is 10.2. The van der Waals surface area contributed by atoms with Gasteiger partial charge in [0.15, 0.2) is 12.2 Å². The standard InChI is InChI=1S/C23H19ClN2O3/c1-2-15-3-10-19(11-4-15)28-14-22(27)25-18-9-12-21-20(13-18)26-23(29-21)16-5-7-17(24)8-6-16/h3-13H,2,14H2,1H3,(H,25,27). The number of nitrogens with zero attached hydrogens (tertiary/aromatic N) is 1. The van der Waals surface area contributed by atoms with Gasteiger partial charge >= 0.3 is 0 Å². The highest BCUT2D eigenvalue weighted by Crippen LogP contribution is 2.27. The second kappa shape index (κ2) is 8.37. The SMILES string of the molecule is CCc1ccc(OCC(=O)Nc2ccc3oc(-c4ccc(Cl)cc4)nc3c2)cc1. The topological polar surface area (TPSA) is 64.4 Å². The Hall–Kier alpha value is -3.31. The highest BCUT2D eigenvalue weighted by molar-refractivity contribution is 6.30. The van der Waals surface area contributed by atoms with E-state index in [1.54, 1.807) is 30.3 Å². The molecule has 0 spiro atoms. The van der Waals surface area contributed by atoms with Gasteiger partial charge in [-0.15, -0.1) is 0 Å². The number of fused-ring (bicyclic) bond motifs is 1. The van der Waals surface area contributed by atoms with Crippen molar-refractivity contribution in [1.29, 1.82) is 0 Å². The fourth-order valence-electron chi connectivity index (χ4n) is 2.89. The molecule has 1 amide bonds. The molecule has 146 valence electrons. The number of hydrogen-bond donors (Lipinski definition) is 1. The second-order valence-corrected chi connectivity index (χ2v) is 6.98. The van der Waals surface area contributed by atoms with E-state index in [-0.39, 0.29) is 12.5 Å². The summed E-state index contributed by atoms with van der Waals surface area (Å²) in [5, 5.41) is 3.47. The van der Waals surface area contributed by atoms with Crippen LogP contribution in [0.4, 0.5) is 5.69 Å². The summed E-state index contributed by atoms with van der Waals surface area (Å²) in [5.41, 5.74) is 3.98. The molecule has 1 aromatic heterocycles. The summed E-state index contributed by atoms with van der Waals surface area (Å²) in [6.07, 6.45) is 0.963. The Morgan fingerprint density at radius 1 is 1.07 bits per heavy atom. The van der Waals surface area contributed by atoms with E-state index in [4.69, 9.17) is 20.8 Å². The molecule has 3 aromatic carbocycles. The van der Waals surface area contributed by atoms with Crippen molar-refractivity contribution in [1.82, 2.24) is 4.98 Å². The Bertz CT molecular complexity index is 1140. The quantitative estimate of drug-likeness (QED) is 0.444. The van der Waals surface area contributed by atoms with Crippen molar-refractivity contribution in [3.8, 4) is 17.2 Å². The first-order valence-corrected chi connectivity index (χ1v) is 9.66. The Morgan fingerprint density at radius 2 is 1.83 bits per heavy atom. The van der Waals surface area contributed by atoms with Crippen LogP contribution in [-0.4, -0.2) is 17.5 Å². The molecule has 29 heavy (non-hydrogen) atoms. The Morgan fingerprint density at radius 3 is 2.55 bits per heavy atom. The number of oxazole rings is 1. The van der Waals surface area contributed by atoms with Gasteiger partial charge in [-0.1, -0.05) is 30.7 Å². The number of ether oxygens (including phenoxy) is 1. The van der Waals surface area contributed by atoms with E-state index in [1.165, 1.54) is 5.56 Å². The summed E-state index contributed by atoms with van der Waals surface area (Å²) < 4.78 is 11.3. The number of anilines is 1. The zero-order valence-electron chi connectivity index (χ0n) is 15.8. The molecule has 0 aliphatic rings. The highest BCUT2D eigenvalue weighted by atomic mass is 35.5. The number of carbonyl (C=O) groups excluding carboxylic acids is 1. The summed E-state index contributed by atoms with van der Waals surface area (Å²) in [4.78, 5) is 16.7. The Kier molecular flexibility index (Phi) is 5.49. The first-order chi connectivity index (χ1) is 14.1. The molecule has 0 saturated carbocycles. The van der Waals surface area contributed by atoms with Gasteiger partial charge in [0.1, 0.15) is 11.3 Å². The van der Waals surface area contributed by atoms with Gasteiger partial charge in [0.25, 0.3) is 5.91 Å². The van der Waals surface area contributed by atoms with Crippen molar-refractivity contribution in [3.63, 3.8) is 0 Å². The first kappa shape index (κ1) is 19.0. The van der Waals surface area contributed by atoms with Crippen LogP contribution in [0.3, 0.4) is 0 Å². The van der Waals surface area contributed by atoms with Crippen LogP contribution in [0.2, 0.25) is 5.02 Å². The van der Waals surface area contributed by atoms with E-state index in [2.05, 4.69) is 17.2 Å². The third-order valence-corrected chi connectivity index (χ3v) is 4.72. The Labute approximate surface area is 173 Å². The van der Waals surface area contributed by atoms with Crippen LogP contribution in [-0.2, 0) is 11.2 Å². The first-order valence-electron chi connectivity index (χ1n) is 9.29. The van der Waals surface area contributed by atoms with Gasteiger partial charge in [-0.05, 0) is 66.6 Å². The van der Waals surface area contributed by atoms with Crippen molar-refractivity contribution < 1.29 is 13.9 Å². The molecule has 6 heteroatoms. The van der Waals surface area contributed by atoms with Gasteiger partial charge in [-0.2, -0.15) is 0 Å². The molecule has 4 rings (SSSR count). The lowest BCUT2D eigenvalue weighted by Gasteiger charge is -2.08. The van der Waals surface area contributed by atoms with Gasteiger partial charge in [0.05, 0.1) is 0 Å². The molecule has 1 N–H and O–H groups in total. The third kappa shape index (κ3) is 4.58. The van der Waals surface area contributed by atoms with Crippen molar-refractivity contribution in [2.24, 2.45) is 0 Å². The summed E-state index contributed by atoms with van der Waals surface area (Å²) >= 11 is 5.92. The number of amides is 1. The van der Waals surface area contributed by atoms with Crippen molar-refractivity contribution in [3.05, 3.63) is 77.3 Å². The van der Waals surface area contributed by atoms with E-state index >= 15 is 0 Å². The van der Waals surface area contributed by atoms with E-state index in [0.717, 1.165) is 12.0 Å². The van der Waals surface area contributed by atoms with E-state index in [1.807, 2.05) is 36.4 Å². The number of carbonyl (C=O) groups is 1. The molecular formula is C23H19ClN2O3. The molecule has 0 aliphatic carbocycles. The maximum absolute atomic E-state index is 12.2. The molecular weight excluding hydrogens is 388 g/mol. The third-order valence-electron chi connectivity index (χ3n) is 4.46. The van der Waals surface area contributed by atoms with E-state index in [0.29, 0.717) is 33.4 Å². The smallest absolute Gasteiger partial charge is 0.262 e. The normalized spacial score (nSPS) is 10.8. The van der Waals surface area contributed by atoms with Crippen LogP contribution in [0.25, 0.3) is 22.6 Å². The molecule has 0 aliphatic heterocycles. The molecule has 0 fully saturated rings. The van der Waals surface area contributed by atoms with Crippen LogP contribution in [0, 0.1) is 0 Å². The summed E-state index contributed by atoms with van der Waals surface area (Å²) in [7, 11) is 0. The molecule has 0 bridgehead atoms. The van der Waals surface area contributed by atoms with Crippen molar-refractivity contribution >= 4 is 34.3 Å². The number of aryl methyl sites for hydroxylation is 1. The van der Waals surface area contributed by atoms with Crippen LogP contribution in [0.1, 0.15) is 12.5 Å². The van der Waals surface area contributed by atoms with Gasteiger partial charge in [-0.25, -0.2) is 4.98 Å². The average molecular weight is 407 g/mol. The second-order valence-electron chi connectivity index (χ2n) is 6.54. The highest BCUT2D eigenvalue weighted by Gasteiger charge is 2.10. The molecule has 5 nitrogen and oxygen atoms in total. The molecule has 0 radical (unpaired) electrons. The minimum Gasteiger partial charge on any atom is -0.484 e. The van der Waals surface area contributed by atoms with Crippen molar-refractivity contribution in [2.75, 3.05) is 11.9 Å². The van der Waals surface area contributed by atoms with Gasteiger partial charge in [-0.3, -0.25) is 4.79 Å². The number of benzene rings is 3. The van der Waals surface area contributed by atoms with Crippen LogP contribution < -0.4 is 10.1 Å². The molecule has 4 aromatic rings. The van der Waals surface area contributed by atoms with E-state index < -0.39 is 0 Å². The van der Waals surface area contributed by atoms with Crippen LogP contribution in [0.15, 0.2) is 71.1 Å². The number of aromatic nitrogens is 1. The van der Waals surface area contributed by atoms with Gasteiger partial charge in [0, 0.05) is 16.3 Å². The average Bonchev–Trinajstić information content (AvgIpc) is 3.16. The van der Waals surface area contributed by atoms with Crippen molar-refractivity contribution in [2.45, 2.75) is 13.3 Å². The maximum atomic E-state index is 12.2. The number of hydrogen-bond acceptors (Lipinski definition) is 4. The fourth-order valence-corrected chi connectivity index (χ4v) is 3.01. The largest absolute Gasteiger partial charge is 0.484 e. The molecule has 0 unspecified atom stereocenters. The maximum Gasteiger partial charge on any atom is 0.262 e. The summed E-state index contributed by atoms with van der Waals surface area (Å²) in [6, 6.07) is 20.3. The van der Waals surface area contributed by atoms with E-state index in [9.17, 15) is 4.79 Å². The molecule has 0 saturated heterocycles. The molecule has 1 heterocycles. The molecule has 0 atom stereocenters.